The molecule has 0 spiro atoms. The summed E-state index contributed by atoms with van der Waals surface area (Å²) >= 11 is 0. The molecule has 1 aliphatic rings. The summed E-state index contributed by atoms with van der Waals surface area (Å²) in [6.45, 7) is 3.83. The molecule has 1 fully saturated rings. The van der Waals surface area contributed by atoms with Crippen LogP contribution in [0, 0.1) is 25.7 Å². The van der Waals surface area contributed by atoms with Crippen molar-refractivity contribution in [1.82, 2.24) is 9.78 Å². The molecular formula is C20H25N3O3. The monoisotopic (exact) mass is 355 g/mol. The maximum Gasteiger partial charge on any atom is 0.308 e. The fraction of sp³-hybridized carbons (Fsp3) is 0.450. The number of benzene rings is 1. The largest absolute Gasteiger partial charge is 0.469 e. The lowest BCUT2D eigenvalue weighted by Gasteiger charge is -2.26. The molecule has 1 aromatic carbocycles. The molecule has 1 aliphatic carbocycles. The molecule has 2 atom stereocenters. The van der Waals surface area contributed by atoms with Crippen LogP contribution in [0.2, 0.25) is 0 Å². The first-order chi connectivity index (χ1) is 12.5. The first-order valence-electron chi connectivity index (χ1n) is 9.01. The Morgan fingerprint density at radius 3 is 2.54 bits per heavy atom. The predicted octanol–water partition coefficient (Wildman–Crippen LogP) is 3.41. The number of nitrogens with one attached hydrogen (secondary N) is 1. The number of carbonyl (C=O) groups excluding carboxylic acids is 2. The number of anilines is 1. The highest BCUT2D eigenvalue weighted by Gasteiger charge is 2.32. The van der Waals surface area contributed by atoms with Crippen molar-refractivity contribution in [3.05, 3.63) is 41.7 Å². The van der Waals surface area contributed by atoms with E-state index in [0.29, 0.717) is 6.42 Å². The van der Waals surface area contributed by atoms with Crippen LogP contribution in [0.4, 0.5) is 5.69 Å². The Bertz CT molecular complexity index is 798. The fourth-order valence-electron chi connectivity index (χ4n) is 3.68. The molecule has 0 unspecified atom stereocenters. The maximum atomic E-state index is 12.8. The second-order valence-corrected chi connectivity index (χ2v) is 6.87. The Morgan fingerprint density at radius 2 is 1.85 bits per heavy atom. The average Bonchev–Trinajstić information content (AvgIpc) is 2.96. The third kappa shape index (κ3) is 3.64. The molecule has 0 bridgehead atoms. The van der Waals surface area contributed by atoms with Gasteiger partial charge in [0.25, 0.3) is 0 Å². The van der Waals surface area contributed by atoms with Crippen LogP contribution in [0.15, 0.2) is 30.3 Å². The van der Waals surface area contributed by atoms with Gasteiger partial charge in [-0.15, -0.1) is 0 Å². The summed E-state index contributed by atoms with van der Waals surface area (Å²) in [6, 6.07) is 9.83. The van der Waals surface area contributed by atoms with E-state index in [-0.39, 0.29) is 23.7 Å². The van der Waals surface area contributed by atoms with Gasteiger partial charge in [0, 0.05) is 5.92 Å². The van der Waals surface area contributed by atoms with Gasteiger partial charge in [-0.1, -0.05) is 24.6 Å². The molecule has 26 heavy (non-hydrogen) atoms. The summed E-state index contributed by atoms with van der Waals surface area (Å²) in [6.07, 6.45) is 2.99. The van der Waals surface area contributed by atoms with Crippen LogP contribution in [-0.4, -0.2) is 28.8 Å². The van der Waals surface area contributed by atoms with Gasteiger partial charge in [-0.3, -0.25) is 9.59 Å². The van der Waals surface area contributed by atoms with Crippen molar-refractivity contribution in [3.8, 4) is 5.69 Å². The van der Waals surface area contributed by atoms with Gasteiger partial charge in [-0.2, -0.15) is 5.10 Å². The molecule has 1 heterocycles. The molecular weight excluding hydrogens is 330 g/mol. The highest BCUT2D eigenvalue weighted by atomic mass is 16.5. The molecule has 6 nitrogen and oxygen atoms in total. The molecule has 0 radical (unpaired) electrons. The molecule has 2 aromatic rings. The zero-order valence-corrected chi connectivity index (χ0v) is 15.5. The van der Waals surface area contributed by atoms with E-state index >= 15 is 0 Å². The molecule has 0 saturated heterocycles. The summed E-state index contributed by atoms with van der Waals surface area (Å²) in [5.74, 6) is -0.616. The number of hydrogen-bond acceptors (Lipinski definition) is 4. The van der Waals surface area contributed by atoms with Crippen LogP contribution >= 0.6 is 0 Å². The third-order valence-corrected chi connectivity index (χ3v) is 5.12. The molecule has 138 valence electrons. The first-order valence-corrected chi connectivity index (χ1v) is 9.01. The number of rotatable bonds is 4. The smallest absolute Gasteiger partial charge is 0.308 e. The summed E-state index contributed by atoms with van der Waals surface area (Å²) in [5.41, 5.74) is 3.37. The second-order valence-electron chi connectivity index (χ2n) is 6.87. The quantitative estimate of drug-likeness (QED) is 0.853. The van der Waals surface area contributed by atoms with E-state index in [1.165, 1.54) is 7.11 Å². The summed E-state index contributed by atoms with van der Waals surface area (Å²) in [7, 11) is 1.40. The molecule has 6 heteroatoms. The van der Waals surface area contributed by atoms with Crippen LogP contribution in [0.25, 0.3) is 5.69 Å². The molecule has 0 aliphatic heterocycles. The maximum absolute atomic E-state index is 12.8. The van der Waals surface area contributed by atoms with Gasteiger partial charge in [-0.05, 0) is 45.2 Å². The van der Waals surface area contributed by atoms with Gasteiger partial charge < -0.3 is 10.1 Å². The number of amides is 1. The van der Waals surface area contributed by atoms with E-state index in [0.717, 1.165) is 42.0 Å². The van der Waals surface area contributed by atoms with Gasteiger partial charge in [0.1, 0.15) is 0 Å². The standard InChI is InChI=1S/C20H25N3O3/c1-13-18(14(2)23(22-13)17-10-5-4-6-11-17)21-19(24)15-8-7-9-16(12-15)20(25)26-3/h4-6,10-11,15-16H,7-9,12H2,1-3H3,(H,21,24)/t15-,16-/m0/s1. The Balaban J connectivity index is 1.76. The number of hydrogen-bond donors (Lipinski definition) is 1. The number of esters is 1. The van der Waals surface area contributed by atoms with Gasteiger partial charge in [-0.25, -0.2) is 4.68 Å². The van der Waals surface area contributed by atoms with E-state index < -0.39 is 0 Å². The first kappa shape index (κ1) is 18.2. The van der Waals surface area contributed by atoms with Crippen LogP contribution in [0.1, 0.15) is 37.1 Å². The molecule has 1 aromatic heterocycles. The van der Waals surface area contributed by atoms with Crippen molar-refractivity contribution < 1.29 is 14.3 Å². The minimum atomic E-state index is -0.216. The summed E-state index contributed by atoms with van der Waals surface area (Å²) in [4.78, 5) is 24.6. The van der Waals surface area contributed by atoms with Crippen molar-refractivity contribution >= 4 is 17.6 Å². The van der Waals surface area contributed by atoms with Crippen LogP contribution in [-0.2, 0) is 14.3 Å². The zero-order chi connectivity index (χ0) is 18.7. The Morgan fingerprint density at radius 1 is 1.15 bits per heavy atom. The summed E-state index contributed by atoms with van der Waals surface area (Å²) < 4.78 is 6.68. The second kappa shape index (κ2) is 7.72. The number of aromatic nitrogens is 2. The van der Waals surface area contributed by atoms with Gasteiger partial charge >= 0.3 is 5.97 Å². The lowest BCUT2D eigenvalue weighted by atomic mass is 9.81. The van der Waals surface area contributed by atoms with E-state index in [2.05, 4.69) is 10.4 Å². The number of para-hydroxylation sites is 1. The van der Waals surface area contributed by atoms with Crippen LogP contribution in [0.3, 0.4) is 0 Å². The minimum Gasteiger partial charge on any atom is -0.469 e. The number of nitrogens with zero attached hydrogens (tertiary/aromatic N) is 2. The van der Waals surface area contributed by atoms with Crippen molar-refractivity contribution in [2.45, 2.75) is 39.5 Å². The highest BCUT2D eigenvalue weighted by Crippen LogP contribution is 2.31. The highest BCUT2D eigenvalue weighted by molar-refractivity contribution is 5.94. The van der Waals surface area contributed by atoms with Gasteiger partial charge in [0.05, 0.1) is 35.8 Å². The Kier molecular flexibility index (Phi) is 5.40. The predicted molar refractivity (Wildman–Crippen MR) is 99.1 cm³/mol. The van der Waals surface area contributed by atoms with E-state index in [1.54, 1.807) is 0 Å². The average molecular weight is 355 g/mol. The van der Waals surface area contributed by atoms with Crippen molar-refractivity contribution in [2.75, 3.05) is 12.4 Å². The molecule has 3 rings (SSSR count). The lowest BCUT2D eigenvalue weighted by molar-refractivity contribution is -0.147. The Hall–Kier alpha value is -2.63. The van der Waals surface area contributed by atoms with E-state index in [1.807, 2.05) is 48.9 Å². The molecule has 1 amide bonds. The van der Waals surface area contributed by atoms with E-state index in [9.17, 15) is 9.59 Å². The third-order valence-electron chi connectivity index (χ3n) is 5.12. The molecule has 1 N–H and O–H groups in total. The zero-order valence-electron chi connectivity index (χ0n) is 15.5. The number of ether oxygens (including phenoxy) is 1. The SMILES string of the molecule is COC(=O)[C@H]1CCC[C@H](C(=O)Nc2c(C)nn(-c3ccccc3)c2C)C1. The normalized spacial score (nSPS) is 19.8. The van der Waals surface area contributed by atoms with Crippen molar-refractivity contribution in [3.63, 3.8) is 0 Å². The summed E-state index contributed by atoms with van der Waals surface area (Å²) in [5, 5.41) is 7.60. The number of methoxy groups -OCH3 is 1. The van der Waals surface area contributed by atoms with Crippen LogP contribution < -0.4 is 5.32 Å². The topological polar surface area (TPSA) is 73.2 Å². The van der Waals surface area contributed by atoms with Crippen molar-refractivity contribution in [2.24, 2.45) is 11.8 Å². The fourth-order valence-corrected chi connectivity index (χ4v) is 3.68. The number of carbonyl (C=O) groups is 2. The molecule has 1 saturated carbocycles. The van der Waals surface area contributed by atoms with Gasteiger partial charge in [0.15, 0.2) is 0 Å². The number of aryl methyl sites for hydroxylation is 1. The van der Waals surface area contributed by atoms with Crippen molar-refractivity contribution in [1.29, 1.82) is 0 Å². The van der Waals surface area contributed by atoms with E-state index in [4.69, 9.17) is 4.74 Å². The minimum absolute atomic E-state index is 0.0441. The Labute approximate surface area is 153 Å². The van der Waals surface area contributed by atoms with Gasteiger partial charge in [0.2, 0.25) is 5.91 Å². The lowest BCUT2D eigenvalue weighted by Crippen LogP contribution is -2.31. The van der Waals surface area contributed by atoms with Crippen LogP contribution in [0.5, 0.6) is 0 Å².